The Morgan fingerprint density at radius 1 is 1.17 bits per heavy atom. The third-order valence-electron chi connectivity index (χ3n) is 4.19. The van der Waals surface area contributed by atoms with Crippen molar-refractivity contribution >= 4 is 0 Å². The van der Waals surface area contributed by atoms with Crippen LogP contribution in [0.4, 0.5) is 4.39 Å². The van der Waals surface area contributed by atoms with Gasteiger partial charge in [0.25, 0.3) is 0 Å². The van der Waals surface area contributed by atoms with Gasteiger partial charge in [-0.05, 0) is 55.7 Å². The molecule has 1 N–H and O–H groups in total. The molecule has 1 aliphatic carbocycles. The van der Waals surface area contributed by atoms with Gasteiger partial charge in [-0.15, -0.1) is 0 Å². The zero-order valence-electron chi connectivity index (χ0n) is 11.7. The Hall–Kier alpha value is -0.890. The minimum absolute atomic E-state index is 0.162. The van der Waals surface area contributed by atoms with Crippen molar-refractivity contribution in [2.24, 2.45) is 5.41 Å². The van der Waals surface area contributed by atoms with E-state index >= 15 is 0 Å². The van der Waals surface area contributed by atoms with Gasteiger partial charge in [0.15, 0.2) is 0 Å². The van der Waals surface area contributed by atoms with Crippen molar-refractivity contribution in [3.8, 4) is 0 Å². The first-order chi connectivity index (χ1) is 8.46. The molecule has 0 heterocycles. The van der Waals surface area contributed by atoms with Crippen molar-refractivity contribution in [2.45, 2.75) is 58.5 Å². The van der Waals surface area contributed by atoms with Crippen LogP contribution in [-0.2, 0) is 0 Å². The molecule has 0 aliphatic heterocycles. The van der Waals surface area contributed by atoms with Crippen LogP contribution in [0, 0.1) is 11.2 Å². The normalized spacial score (nSPS) is 21.8. The van der Waals surface area contributed by atoms with Gasteiger partial charge in [0.1, 0.15) is 5.82 Å². The van der Waals surface area contributed by atoms with Crippen LogP contribution >= 0.6 is 0 Å². The first-order valence-corrected chi connectivity index (χ1v) is 6.98. The van der Waals surface area contributed by atoms with E-state index in [0.29, 0.717) is 17.5 Å². The van der Waals surface area contributed by atoms with Crippen LogP contribution in [0.3, 0.4) is 0 Å². The summed E-state index contributed by atoms with van der Waals surface area (Å²) >= 11 is 0. The quantitative estimate of drug-likeness (QED) is 0.834. The van der Waals surface area contributed by atoms with Crippen LogP contribution in [0.25, 0.3) is 0 Å². The molecule has 1 aromatic rings. The summed E-state index contributed by atoms with van der Waals surface area (Å²) in [5, 5.41) is 3.67. The topological polar surface area (TPSA) is 12.0 Å². The van der Waals surface area contributed by atoms with Crippen LogP contribution in [-0.4, -0.2) is 6.04 Å². The molecule has 1 atom stereocenters. The highest BCUT2D eigenvalue weighted by Gasteiger charge is 2.27. The molecule has 0 amide bonds. The maximum Gasteiger partial charge on any atom is 0.123 e. The summed E-state index contributed by atoms with van der Waals surface area (Å²) in [5.41, 5.74) is 1.68. The largest absolute Gasteiger partial charge is 0.307 e. The average Bonchev–Trinajstić information content (AvgIpc) is 2.33. The number of halogens is 1. The third-order valence-corrected chi connectivity index (χ3v) is 4.19. The lowest BCUT2D eigenvalue weighted by atomic mass is 9.75. The second-order valence-corrected chi connectivity index (χ2v) is 6.38. The molecule has 0 radical (unpaired) electrons. The van der Waals surface area contributed by atoms with E-state index in [1.807, 2.05) is 12.1 Å². The predicted molar refractivity (Wildman–Crippen MR) is 74.0 cm³/mol. The van der Waals surface area contributed by atoms with Gasteiger partial charge in [-0.2, -0.15) is 0 Å². The molecule has 1 aromatic carbocycles. The number of rotatable bonds is 3. The highest BCUT2D eigenvalue weighted by Crippen LogP contribution is 2.35. The summed E-state index contributed by atoms with van der Waals surface area (Å²) < 4.78 is 12.9. The Morgan fingerprint density at radius 3 is 2.28 bits per heavy atom. The molecule has 0 spiro atoms. The number of nitrogens with one attached hydrogen (secondary N) is 1. The first-order valence-electron chi connectivity index (χ1n) is 6.98. The van der Waals surface area contributed by atoms with Gasteiger partial charge in [0.05, 0.1) is 0 Å². The number of hydrogen-bond acceptors (Lipinski definition) is 1. The highest BCUT2D eigenvalue weighted by atomic mass is 19.1. The summed E-state index contributed by atoms with van der Waals surface area (Å²) in [4.78, 5) is 0. The van der Waals surface area contributed by atoms with E-state index in [9.17, 15) is 4.39 Å². The van der Waals surface area contributed by atoms with E-state index in [4.69, 9.17) is 0 Å². The summed E-state index contributed by atoms with van der Waals surface area (Å²) in [6.07, 6.45) is 5.08. The molecule has 1 aliphatic rings. The van der Waals surface area contributed by atoms with Crippen LogP contribution in [0.5, 0.6) is 0 Å². The molecule has 1 nitrogen and oxygen atoms in total. The van der Waals surface area contributed by atoms with Gasteiger partial charge >= 0.3 is 0 Å². The Balaban J connectivity index is 1.88. The van der Waals surface area contributed by atoms with Crippen molar-refractivity contribution in [2.75, 3.05) is 0 Å². The second kappa shape index (κ2) is 5.40. The zero-order chi connectivity index (χ0) is 13.2. The molecular formula is C16H24FN. The fourth-order valence-electron chi connectivity index (χ4n) is 2.77. The van der Waals surface area contributed by atoms with Crippen molar-refractivity contribution in [3.05, 3.63) is 35.6 Å². The van der Waals surface area contributed by atoms with Gasteiger partial charge in [-0.3, -0.25) is 0 Å². The molecule has 0 aromatic heterocycles. The van der Waals surface area contributed by atoms with Crippen molar-refractivity contribution in [3.63, 3.8) is 0 Å². The summed E-state index contributed by atoms with van der Waals surface area (Å²) in [6, 6.07) is 7.74. The van der Waals surface area contributed by atoms with Crippen molar-refractivity contribution < 1.29 is 4.39 Å². The fraction of sp³-hybridized carbons (Fsp3) is 0.625. The standard InChI is InChI=1S/C16H24FN/c1-12(13-4-6-14(17)7-5-13)18-15-8-10-16(2,3)11-9-15/h4-7,12,15,18H,8-11H2,1-3H3. The van der Waals surface area contributed by atoms with Crippen LogP contribution in [0.15, 0.2) is 24.3 Å². The fourth-order valence-corrected chi connectivity index (χ4v) is 2.77. The molecular weight excluding hydrogens is 225 g/mol. The maximum absolute atomic E-state index is 12.9. The lowest BCUT2D eigenvalue weighted by Crippen LogP contribution is -2.37. The Labute approximate surface area is 110 Å². The Bertz CT molecular complexity index is 373. The molecule has 0 saturated heterocycles. The minimum atomic E-state index is -0.162. The van der Waals surface area contributed by atoms with E-state index in [-0.39, 0.29) is 5.82 Å². The SMILES string of the molecule is CC(NC1CCC(C)(C)CC1)c1ccc(F)cc1. The molecule has 0 bridgehead atoms. The lowest BCUT2D eigenvalue weighted by molar-refractivity contribution is 0.200. The average molecular weight is 249 g/mol. The highest BCUT2D eigenvalue weighted by molar-refractivity contribution is 5.19. The molecule has 1 fully saturated rings. The zero-order valence-corrected chi connectivity index (χ0v) is 11.7. The number of benzene rings is 1. The van der Waals surface area contributed by atoms with Crippen molar-refractivity contribution in [1.29, 1.82) is 0 Å². The molecule has 1 unspecified atom stereocenters. The lowest BCUT2D eigenvalue weighted by Gasteiger charge is -2.36. The van der Waals surface area contributed by atoms with Crippen LogP contribution < -0.4 is 5.32 Å². The molecule has 18 heavy (non-hydrogen) atoms. The monoisotopic (exact) mass is 249 g/mol. The van der Waals surface area contributed by atoms with Gasteiger partial charge in [0, 0.05) is 12.1 Å². The van der Waals surface area contributed by atoms with Gasteiger partial charge in [-0.1, -0.05) is 26.0 Å². The molecule has 2 rings (SSSR count). The first kappa shape index (κ1) is 13.5. The van der Waals surface area contributed by atoms with Gasteiger partial charge in [-0.25, -0.2) is 4.39 Å². The number of hydrogen-bond donors (Lipinski definition) is 1. The van der Waals surface area contributed by atoms with E-state index < -0.39 is 0 Å². The Kier molecular flexibility index (Phi) is 4.06. The Morgan fingerprint density at radius 2 is 1.72 bits per heavy atom. The molecule has 100 valence electrons. The smallest absolute Gasteiger partial charge is 0.123 e. The van der Waals surface area contributed by atoms with Crippen LogP contribution in [0.2, 0.25) is 0 Å². The molecule has 1 saturated carbocycles. The summed E-state index contributed by atoms with van der Waals surface area (Å²) in [5.74, 6) is -0.162. The minimum Gasteiger partial charge on any atom is -0.307 e. The molecule has 2 heteroatoms. The maximum atomic E-state index is 12.9. The van der Waals surface area contributed by atoms with Gasteiger partial charge < -0.3 is 5.32 Å². The summed E-state index contributed by atoms with van der Waals surface area (Å²) in [7, 11) is 0. The third kappa shape index (κ3) is 3.55. The van der Waals surface area contributed by atoms with Crippen LogP contribution in [0.1, 0.15) is 58.1 Å². The second-order valence-electron chi connectivity index (χ2n) is 6.38. The predicted octanol–water partition coefficient (Wildman–Crippen LogP) is 4.45. The van der Waals surface area contributed by atoms with E-state index in [1.165, 1.54) is 43.4 Å². The van der Waals surface area contributed by atoms with E-state index in [1.54, 1.807) is 0 Å². The van der Waals surface area contributed by atoms with Crippen molar-refractivity contribution in [1.82, 2.24) is 5.32 Å². The summed E-state index contributed by atoms with van der Waals surface area (Å²) in [6.45, 7) is 6.87. The van der Waals surface area contributed by atoms with E-state index in [0.717, 1.165) is 0 Å². The van der Waals surface area contributed by atoms with Gasteiger partial charge in [0.2, 0.25) is 0 Å². The van der Waals surface area contributed by atoms with E-state index in [2.05, 4.69) is 26.1 Å².